The number of anilines is 1. The fourth-order valence-electron chi connectivity index (χ4n) is 3.03. The monoisotopic (exact) mass is 453 g/mol. The molecule has 0 saturated heterocycles. The third-order valence-corrected chi connectivity index (χ3v) is 7.14. The van der Waals surface area contributed by atoms with Crippen LogP contribution in [0.2, 0.25) is 0 Å². The van der Waals surface area contributed by atoms with E-state index in [1.165, 1.54) is 35.6 Å². The Morgan fingerprint density at radius 2 is 1.71 bits per heavy atom. The molecule has 0 aliphatic carbocycles. The van der Waals surface area contributed by atoms with E-state index in [4.69, 9.17) is 9.15 Å². The van der Waals surface area contributed by atoms with E-state index in [1.54, 1.807) is 54.5 Å². The first kappa shape index (κ1) is 20.9. The summed E-state index contributed by atoms with van der Waals surface area (Å²) < 4.78 is 36.3. The van der Waals surface area contributed by atoms with Crippen LogP contribution in [0, 0.1) is 0 Å². The largest absolute Gasteiger partial charge is 0.497 e. The van der Waals surface area contributed by atoms with Gasteiger partial charge in [-0.3, -0.25) is 4.79 Å². The van der Waals surface area contributed by atoms with Gasteiger partial charge in [0.2, 0.25) is 14.9 Å². The summed E-state index contributed by atoms with van der Waals surface area (Å²) in [6.45, 7) is 0.324. The van der Waals surface area contributed by atoms with Crippen molar-refractivity contribution < 1.29 is 22.4 Å². The van der Waals surface area contributed by atoms with Gasteiger partial charge in [-0.05, 0) is 60.0 Å². The van der Waals surface area contributed by atoms with Gasteiger partial charge in [-0.2, -0.15) is 0 Å². The molecule has 0 N–H and O–H groups in total. The molecule has 158 valence electrons. The first-order chi connectivity index (χ1) is 15.0. The average molecular weight is 454 g/mol. The molecule has 0 aliphatic heterocycles. The number of carbonyl (C=O) groups excluding carboxylic acids is 1. The highest BCUT2D eigenvalue weighted by Crippen LogP contribution is 2.27. The number of amides is 1. The number of thiophene rings is 1. The van der Waals surface area contributed by atoms with Crippen molar-refractivity contribution >= 4 is 32.8 Å². The zero-order valence-corrected chi connectivity index (χ0v) is 18.2. The third kappa shape index (κ3) is 4.40. The molecule has 0 atom stereocenters. The van der Waals surface area contributed by atoms with Crippen LogP contribution in [0.5, 0.6) is 5.75 Å². The van der Waals surface area contributed by atoms with Crippen LogP contribution in [0.3, 0.4) is 0 Å². The van der Waals surface area contributed by atoms with Crippen LogP contribution in [-0.2, 0) is 16.4 Å². The molecule has 0 saturated carbocycles. The Hall–Kier alpha value is -3.36. The molecule has 4 rings (SSSR count). The van der Waals surface area contributed by atoms with E-state index < -0.39 is 15.7 Å². The SMILES string of the molecule is COc1ccc(N(Cc2cccs2)C(=O)c2ccc(S(=O)(=O)c3ccccc3)o2)cc1. The summed E-state index contributed by atoms with van der Waals surface area (Å²) in [5, 5.41) is 1.66. The third-order valence-electron chi connectivity index (χ3n) is 4.63. The summed E-state index contributed by atoms with van der Waals surface area (Å²) in [6.07, 6.45) is 0. The second-order valence-electron chi connectivity index (χ2n) is 6.60. The maximum atomic E-state index is 13.3. The van der Waals surface area contributed by atoms with E-state index in [0.717, 1.165) is 4.88 Å². The van der Waals surface area contributed by atoms with Gasteiger partial charge in [-0.1, -0.05) is 24.3 Å². The highest BCUT2D eigenvalue weighted by Gasteiger charge is 2.26. The summed E-state index contributed by atoms with van der Waals surface area (Å²) in [4.78, 5) is 15.9. The molecule has 0 fully saturated rings. The maximum absolute atomic E-state index is 13.3. The lowest BCUT2D eigenvalue weighted by Crippen LogP contribution is -2.29. The Bertz CT molecular complexity index is 1260. The highest BCUT2D eigenvalue weighted by atomic mass is 32.2. The van der Waals surface area contributed by atoms with E-state index in [0.29, 0.717) is 18.0 Å². The van der Waals surface area contributed by atoms with Gasteiger partial charge in [0.15, 0.2) is 5.76 Å². The Balaban J connectivity index is 1.67. The molecular formula is C23H19NO5S2. The number of methoxy groups -OCH3 is 1. The van der Waals surface area contributed by atoms with Crippen LogP contribution in [0.25, 0.3) is 0 Å². The van der Waals surface area contributed by atoms with E-state index in [9.17, 15) is 13.2 Å². The smallest absolute Gasteiger partial charge is 0.294 e. The van der Waals surface area contributed by atoms with Crippen molar-refractivity contribution in [3.8, 4) is 5.75 Å². The minimum atomic E-state index is -3.85. The van der Waals surface area contributed by atoms with Gasteiger partial charge in [0.25, 0.3) is 5.91 Å². The second kappa shape index (κ2) is 8.79. The number of carbonyl (C=O) groups is 1. The van der Waals surface area contributed by atoms with Crippen LogP contribution in [0.4, 0.5) is 5.69 Å². The molecule has 6 nitrogen and oxygen atoms in total. The molecule has 1 amide bonds. The van der Waals surface area contributed by atoms with Gasteiger partial charge in [-0.15, -0.1) is 11.3 Å². The number of hydrogen-bond donors (Lipinski definition) is 0. The molecular weight excluding hydrogens is 434 g/mol. The molecule has 2 aromatic heterocycles. The quantitative estimate of drug-likeness (QED) is 0.392. The molecule has 2 heterocycles. The molecule has 2 aromatic carbocycles. The zero-order valence-electron chi connectivity index (χ0n) is 16.6. The predicted octanol–water partition coefficient (Wildman–Crippen LogP) is 5.03. The number of hydrogen-bond acceptors (Lipinski definition) is 6. The first-order valence-corrected chi connectivity index (χ1v) is 11.7. The fourth-order valence-corrected chi connectivity index (χ4v) is 4.92. The number of nitrogens with zero attached hydrogens (tertiary/aromatic N) is 1. The van der Waals surface area contributed by atoms with Crippen molar-refractivity contribution in [3.05, 3.63) is 94.9 Å². The van der Waals surface area contributed by atoms with Crippen molar-refractivity contribution in [1.29, 1.82) is 0 Å². The Labute approximate surface area is 184 Å². The minimum Gasteiger partial charge on any atom is -0.497 e. The molecule has 0 unspecified atom stereocenters. The lowest BCUT2D eigenvalue weighted by molar-refractivity contribution is 0.0953. The van der Waals surface area contributed by atoms with Crippen molar-refractivity contribution in [2.75, 3.05) is 12.0 Å². The van der Waals surface area contributed by atoms with Gasteiger partial charge >= 0.3 is 0 Å². The summed E-state index contributed by atoms with van der Waals surface area (Å²) in [6, 6.07) is 21.6. The number of furan rings is 1. The second-order valence-corrected chi connectivity index (χ2v) is 9.52. The first-order valence-electron chi connectivity index (χ1n) is 9.37. The van der Waals surface area contributed by atoms with Crippen molar-refractivity contribution in [3.63, 3.8) is 0 Å². The minimum absolute atomic E-state index is 0.0538. The number of sulfone groups is 1. The zero-order chi connectivity index (χ0) is 21.8. The number of benzene rings is 2. The molecule has 8 heteroatoms. The van der Waals surface area contributed by atoms with E-state index in [-0.39, 0.29) is 15.7 Å². The van der Waals surface area contributed by atoms with Crippen LogP contribution < -0.4 is 9.64 Å². The van der Waals surface area contributed by atoms with Crippen LogP contribution in [-0.4, -0.2) is 21.4 Å². The Morgan fingerprint density at radius 1 is 0.968 bits per heavy atom. The standard InChI is InChI=1S/C23H19NO5S2/c1-28-18-11-9-17(10-12-18)24(16-19-6-5-15-30-19)23(25)21-13-14-22(29-21)31(26,27)20-7-3-2-4-8-20/h2-15H,16H2,1H3. The van der Waals surface area contributed by atoms with Crippen LogP contribution >= 0.6 is 11.3 Å². The van der Waals surface area contributed by atoms with Crippen molar-refractivity contribution in [2.45, 2.75) is 16.5 Å². The molecule has 0 aliphatic rings. The summed E-state index contributed by atoms with van der Waals surface area (Å²) in [7, 11) is -2.28. The van der Waals surface area contributed by atoms with Gasteiger partial charge in [0, 0.05) is 10.6 Å². The average Bonchev–Trinajstić information content (AvgIpc) is 3.50. The number of ether oxygens (including phenoxy) is 1. The molecule has 0 bridgehead atoms. The van der Waals surface area contributed by atoms with E-state index in [1.807, 2.05) is 17.5 Å². The molecule has 0 radical (unpaired) electrons. The van der Waals surface area contributed by atoms with Crippen molar-refractivity contribution in [2.24, 2.45) is 0 Å². The van der Waals surface area contributed by atoms with Crippen LogP contribution in [0.1, 0.15) is 15.4 Å². The van der Waals surface area contributed by atoms with Gasteiger partial charge in [0.05, 0.1) is 18.6 Å². The van der Waals surface area contributed by atoms with Gasteiger partial charge in [0.1, 0.15) is 5.75 Å². The lowest BCUT2D eigenvalue weighted by atomic mass is 10.2. The van der Waals surface area contributed by atoms with E-state index in [2.05, 4.69) is 0 Å². The molecule has 0 spiro atoms. The topological polar surface area (TPSA) is 76.8 Å². The molecule has 4 aromatic rings. The predicted molar refractivity (Wildman–Crippen MR) is 118 cm³/mol. The fraction of sp³-hybridized carbons (Fsp3) is 0.0870. The van der Waals surface area contributed by atoms with E-state index >= 15 is 0 Å². The maximum Gasteiger partial charge on any atom is 0.294 e. The van der Waals surface area contributed by atoms with Crippen molar-refractivity contribution in [1.82, 2.24) is 0 Å². The lowest BCUT2D eigenvalue weighted by Gasteiger charge is -2.21. The molecule has 31 heavy (non-hydrogen) atoms. The Kier molecular flexibility index (Phi) is 5.92. The number of rotatable bonds is 7. The summed E-state index contributed by atoms with van der Waals surface area (Å²) in [5.41, 5.74) is 0.642. The Morgan fingerprint density at radius 3 is 2.35 bits per heavy atom. The normalized spacial score (nSPS) is 11.3. The summed E-state index contributed by atoms with van der Waals surface area (Å²) in [5.74, 6) is 0.177. The van der Waals surface area contributed by atoms with Crippen LogP contribution in [0.15, 0.2) is 98.6 Å². The highest BCUT2D eigenvalue weighted by molar-refractivity contribution is 7.91. The van der Waals surface area contributed by atoms with Gasteiger partial charge < -0.3 is 14.1 Å². The van der Waals surface area contributed by atoms with Gasteiger partial charge in [-0.25, -0.2) is 8.42 Å². The summed E-state index contributed by atoms with van der Waals surface area (Å²) >= 11 is 1.53.